The minimum atomic E-state index is 0.0357. The number of nitrogens with one attached hydrogen (secondary N) is 1. The third-order valence-electron chi connectivity index (χ3n) is 5.46. The molecule has 29 heavy (non-hydrogen) atoms. The van der Waals surface area contributed by atoms with Gasteiger partial charge in [0.2, 0.25) is 5.91 Å². The molecule has 150 valence electrons. The number of hydrogen-bond acceptors (Lipinski definition) is 3. The fourth-order valence-corrected chi connectivity index (χ4v) is 4.05. The van der Waals surface area contributed by atoms with Gasteiger partial charge < -0.3 is 10.1 Å². The molecule has 4 nitrogen and oxygen atoms in total. The van der Waals surface area contributed by atoms with Crippen LogP contribution >= 0.6 is 11.6 Å². The highest BCUT2D eigenvalue weighted by atomic mass is 35.5. The topological polar surface area (TPSA) is 41.6 Å². The van der Waals surface area contributed by atoms with Crippen LogP contribution in [0.2, 0.25) is 5.02 Å². The van der Waals surface area contributed by atoms with Gasteiger partial charge in [-0.15, -0.1) is 0 Å². The Hall–Kier alpha value is -2.40. The van der Waals surface area contributed by atoms with Crippen LogP contribution in [0.5, 0.6) is 0 Å². The van der Waals surface area contributed by atoms with Gasteiger partial charge in [-0.3, -0.25) is 9.69 Å². The van der Waals surface area contributed by atoms with Crippen molar-refractivity contribution in [3.05, 3.63) is 82.9 Å². The molecule has 1 amide bonds. The van der Waals surface area contributed by atoms with E-state index in [2.05, 4.69) is 28.4 Å². The van der Waals surface area contributed by atoms with E-state index in [1.165, 1.54) is 0 Å². The van der Waals surface area contributed by atoms with Gasteiger partial charge in [0.05, 0.1) is 25.7 Å². The first kappa shape index (κ1) is 19.9. The lowest BCUT2D eigenvalue weighted by Crippen LogP contribution is -2.44. The van der Waals surface area contributed by atoms with E-state index in [9.17, 15) is 4.79 Å². The van der Waals surface area contributed by atoms with Crippen molar-refractivity contribution in [1.29, 1.82) is 0 Å². The summed E-state index contributed by atoms with van der Waals surface area (Å²) in [5, 5.41) is 6.16. The average Bonchev–Trinajstić information content (AvgIpc) is 2.76. The van der Waals surface area contributed by atoms with Crippen LogP contribution in [0.15, 0.2) is 66.7 Å². The predicted molar refractivity (Wildman–Crippen MR) is 117 cm³/mol. The molecular formula is C24H25ClN2O2. The van der Waals surface area contributed by atoms with Gasteiger partial charge in [-0.2, -0.15) is 0 Å². The molecule has 0 bridgehead atoms. The molecule has 0 unspecified atom stereocenters. The minimum Gasteiger partial charge on any atom is -0.379 e. The van der Waals surface area contributed by atoms with Crippen molar-refractivity contribution in [3.63, 3.8) is 0 Å². The number of halogens is 1. The van der Waals surface area contributed by atoms with Crippen LogP contribution in [0.3, 0.4) is 0 Å². The average molecular weight is 409 g/mol. The zero-order valence-corrected chi connectivity index (χ0v) is 17.1. The van der Waals surface area contributed by atoms with Gasteiger partial charge in [-0.05, 0) is 34.0 Å². The number of amides is 1. The number of ether oxygens (including phenoxy) is 1. The van der Waals surface area contributed by atoms with Gasteiger partial charge >= 0.3 is 0 Å². The molecule has 1 saturated heterocycles. The SMILES string of the molecule is O=C(Cc1cccc2ccccc12)NC[C@H](c1ccc(Cl)cc1)N1CCOCC1. The molecule has 5 heteroatoms. The summed E-state index contributed by atoms with van der Waals surface area (Å²) >= 11 is 6.06. The smallest absolute Gasteiger partial charge is 0.224 e. The van der Waals surface area contributed by atoms with Crippen LogP contribution in [-0.4, -0.2) is 43.7 Å². The molecule has 0 aliphatic carbocycles. The van der Waals surface area contributed by atoms with Crippen LogP contribution in [0.1, 0.15) is 17.2 Å². The highest BCUT2D eigenvalue weighted by molar-refractivity contribution is 6.30. The first-order chi connectivity index (χ1) is 14.2. The van der Waals surface area contributed by atoms with Gasteiger partial charge in [0, 0.05) is 24.7 Å². The van der Waals surface area contributed by atoms with Crippen molar-refractivity contribution < 1.29 is 9.53 Å². The molecule has 1 fully saturated rings. The van der Waals surface area contributed by atoms with Crippen molar-refractivity contribution in [1.82, 2.24) is 10.2 Å². The number of fused-ring (bicyclic) bond motifs is 1. The maximum Gasteiger partial charge on any atom is 0.224 e. The molecule has 0 saturated carbocycles. The number of hydrogen-bond donors (Lipinski definition) is 1. The summed E-state index contributed by atoms with van der Waals surface area (Å²) < 4.78 is 5.50. The Morgan fingerprint density at radius 2 is 1.72 bits per heavy atom. The number of rotatable bonds is 6. The lowest BCUT2D eigenvalue weighted by Gasteiger charge is -2.35. The number of carbonyl (C=O) groups excluding carboxylic acids is 1. The molecule has 1 aliphatic heterocycles. The second-order valence-corrected chi connectivity index (χ2v) is 7.77. The van der Waals surface area contributed by atoms with E-state index in [0.717, 1.165) is 40.0 Å². The molecule has 1 aliphatic rings. The van der Waals surface area contributed by atoms with Crippen LogP contribution in [0.4, 0.5) is 0 Å². The largest absolute Gasteiger partial charge is 0.379 e. The molecule has 1 N–H and O–H groups in total. The Kier molecular flexibility index (Phi) is 6.45. The summed E-state index contributed by atoms with van der Waals surface area (Å²) in [5.74, 6) is 0.0357. The van der Waals surface area contributed by atoms with E-state index in [1.54, 1.807) is 0 Å². The molecule has 1 heterocycles. The van der Waals surface area contributed by atoms with E-state index in [0.29, 0.717) is 26.2 Å². The van der Waals surface area contributed by atoms with Crippen LogP contribution < -0.4 is 5.32 Å². The fourth-order valence-electron chi connectivity index (χ4n) is 3.92. The summed E-state index contributed by atoms with van der Waals surface area (Å²) in [4.78, 5) is 15.1. The van der Waals surface area contributed by atoms with Crippen molar-refractivity contribution >= 4 is 28.3 Å². The van der Waals surface area contributed by atoms with Crippen LogP contribution in [0, 0.1) is 0 Å². The van der Waals surface area contributed by atoms with Crippen LogP contribution in [-0.2, 0) is 16.0 Å². The number of morpholine rings is 1. The highest BCUT2D eigenvalue weighted by Crippen LogP contribution is 2.23. The lowest BCUT2D eigenvalue weighted by atomic mass is 10.0. The Morgan fingerprint density at radius 1 is 1.00 bits per heavy atom. The van der Waals surface area contributed by atoms with Gasteiger partial charge in [0.25, 0.3) is 0 Å². The second-order valence-electron chi connectivity index (χ2n) is 7.33. The molecule has 0 spiro atoms. The lowest BCUT2D eigenvalue weighted by molar-refractivity contribution is -0.120. The third-order valence-corrected chi connectivity index (χ3v) is 5.72. The molecule has 0 aromatic heterocycles. The Bertz CT molecular complexity index is 963. The van der Waals surface area contributed by atoms with Crippen molar-refractivity contribution in [2.45, 2.75) is 12.5 Å². The maximum atomic E-state index is 12.8. The summed E-state index contributed by atoms with van der Waals surface area (Å²) in [6.07, 6.45) is 0.373. The number of benzene rings is 3. The quantitative estimate of drug-likeness (QED) is 0.663. The molecule has 3 aromatic rings. The molecule has 0 radical (unpaired) electrons. The standard InChI is InChI=1S/C24H25ClN2O2/c25-21-10-8-19(9-11-21)23(27-12-14-29-15-13-27)17-26-24(28)16-20-6-3-5-18-4-1-2-7-22(18)20/h1-11,23H,12-17H2,(H,26,28)/t23-/m1/s1. The van der Waals surface area contributed by atoms with E-state index >= 15 is 0 Å². The molecular weight excluding hydrogens is 384 g/mol. The zero-order chi connectivity index (χ0) is 20.1. The Labute approximate surface area is 176 Å². The van der Waals surface area contributed by atoms with E-state index in [-0.39, 0.29) is 11.9 Å². The number of nitrogens with zero attached hydrogens (tertiary/aromatic N) is 1. The summed E-state index contributed by atoms with van der Waals surface area (Å²) in [5.41, 5.74) is 2.21. The minimum absolute atomic E-state index is 0.0357. The van der Waals surface area contributed by atoms with E-state index in [4.69, 9.17) is 16.3 Å². The van der Waals surface area contributed by atoms with Crippen molar-refractivity contribution in [3.8, 4) is 0 Å². The Balaban J connectivity index is 1.46. The predicted octanol–water partition coefficient (Wildman–Crippen LogP) is 4.23. The summed E-state index contributed by atoms with van der Waals surface area (Å²) in [6.45, 7) is 3.70. The summed E-state index contributed by atoms with van der Waals surface area (Å²) in [6, 6.07) is 22.3. The first-order valence-electron chi connectivity index (χ1n) is 10.0. The van der Waals surface area contributed by atoms with Gasteiger partial charge in [0.1, 0.15) is 0 Å². The molecule has 4 rings (SSSR count). The fraction of sp³-hybridized carbons (Fsp3) is 0.292. The van der Waals surface area contributed by atoms with Gasteiger partial charge in [-0.1, -0.05) is 66.2 Å². The third kappa shape index (κ3) is 4.96. The monoisotopic (exact) mass is 408 g/mol. The van der Waals surface area contributed by atoms with E-state index < -0.39 is 0 Å². The zero-order valence-electron chi connectivity index (χ0n) is 16.3. The summed E-state index contributed by atoms with van der Waals surface area (Å²) in [7, 11) is 0. The number of carbonyl (C=O) groups is 1. The first-order valence-corrected chi connectivity index (χ1v) is 10.4. The second kappa shape index (κ2) is 9.40. The highest BCUT2D eigenvalue weighted by Gasteiger charge is 2.23. The van der Waals surface area contributed by atoms with E-state index in [1.807, 2.05) is 48.5 Å². The normalized spacial score (nSPS) is 15.9. The van der Waals surface area contributed by atoms with Gasteiger partial charge in [0.15, 0.2) is 0 Å². The molecule has 3 aromatic carbocycles. The van der Waals surface area contributed by atoms with Gasteiger partial charge in [-0.25, -0.2) is 0 Å². The maximum absolute atomic E-state index is 12.8. The van der Waals surface area contributed by atoms with Crippen LogP contribution in [0.25, 0.3) is 10.8 Å². The van der Waals surface area contributed by atoms with Crippen molar-refractivity contribution in [2.24, 2.45) is 0 Å². The molecule has 1 atom stereocenters. The van der Waals surface area contributed by atoms with Crippen molar-refractivity contribution in [2.75, 3.05) is 32.8 Å². The Morgan fingerprint density at radius 3 is 2.52 bits per heavy atom.